The van der Waals surface area contributed by atoms with Crippen LogP contribution in [0.3, 0.4) is 0 Å². The molecule has 31 heavy (non-hydrogen) atoms. The second-order valence-corrected chi connectivity index (χ2v) is 9.17. The number of hydrogen-bond acceptors (Lipinski definition) is 2. The Morgan fingerprint density at radius 3 is 2.16 bits per heavy atom. The second-order valence-electron chi connectivity index (χ2n) is 9.17. The third kappa shape index (κ3) is 5.96. The van der Waals surface area contributed by atoms with Crippen molar-refractivity contribution in [1.82, 2.24) is 10.2 Å². The fraction of sp³-hybridized carbons (Fsp3) is 0.481. The van der Waals surface area contributed by atoms with Gasteiger partial charge < -0.3 is 10.2 Å². The third-order valence-corrected chi connectivity index (χ3v) is 6.91. The first-order valence-corrected chi connectivity index (χ1v) is 11.9. The standard InChI is InChI=1S/C27H34N2O2/c30-26(24-9-5-2-6-10-24)28-20-23-11-13-25(14-12-23)27(31)29-17-15-22(16-18-29)19-21-7-3-1-4-8-21/h1,3-4,7-8,11-14,22,24H,2,5-6,9-10,15-20H2,(H,28,30). The minimum Gasteiger partial charge on any atom is -0.352 e. The van der Waals surface area contributed by atoms with Crippen molar-refractivity contribution in [2.24, 2.45) is 11.8 Å². The monoisotopic (exact) mass is 418 g/mol. The first-order chi connectivity index (χ1) is 15.2. The zero-order chi connectivity index (χ0) is 21.5. The lowest BCUT2D eigenvalue weighted by atomic mass is 9.88. The molecule has 1 heterocycles. The Morgan fingerprint density at radius 1 is 0.806 bits per heavy atom. The van der Waals surface area contributed by atoms with Gasteiger partial charge in [-0.05, 0) is 61.3 Å². The van der Waals surface area contributed by atoms with Crippen molar-refractivity contribution >= 4 is 11.8 Å². The van der Waals surface area contributed by atoms with Crippen LogP contribution in [0.25, 0.3) is 0 Å². The lowest BCUT2D eigenvalue weighted by Gasteiger charge is -2.32. The average Bonchev–Trinajstić information content (AvgIpc) is 2.84. The molecule has 164 valence electrons. The van der Waals surface area contributed by atoms with E-state index in [1.807, 2.05) is 29.2 Å². The highest BCUT2D eigenvalue weighted by Gasteiger charge is 2.24. The molecule has 4 nitrogen and oxygen atoms in total. The molecule has 4 heteroatoms. The Labute approximate surface area is 186 Å². The maximum Gasteiger partial charge on any atom is 0.253 e. The van der Waals surface area contributed by atoms with E-state index in [4.69, 9.17) is 0 Å². The summed E-state index contributed by atoms with van der Waals surface area (Å²) in [5.74, 6) is 1.13. The minimum absolute atomic E-state index is 0.121. The molecule has 0 atom stereocenters. The summed E-state index contributed by atoms with van der Waals surface area (Å²) in [5, 5.41) is 3.07. The highest BCUT2D eigenvalue weighted by Crippen LogP contribution is 2.24. The zero-order valence-corrected chi connectivity index (χ0v) is 18.4. The van der Waals surface area contributed by atoms with Gasteiger partial charge in [-0.3, -0.25) is 9.59 Å². The summed E-state index contributed by atoms with van der Waals surface area (Å²) in [6, 6.07) is 18.4. The normalized spacial score (nSPS) is 18.0. The summed E-state index contributed by atoms with van der Waals surface area (Å²) in [6.07, 6.45) is 8.84. The van der Waals surface area contributed by atoms with Crippen molar-refractivity contribution in [3.05, 3.63) is 71.3 Å². The highest BCUT2D eigenvalue weighted by atomic mass is 16.2. The first-order valence-electron chi connectivity index (χ1n) is 11.9. The predicted octanol–water partition coefficient (Wildman–Crippen LogP) is 4.98. The Morgan fingerprint density at radius 2 is 1.48 bits per heavy atom. The highest BCUT2D eigenvalue weighted by molar-refractivity contribution is 5.94. The van der Waals surface area contributed by atoms with Gasteiger partial charge in [0.15, 0.2) is 0 Å². The Balaban J connectivity index is 1.23. The number of carbonyl (C=O) groups is 2. The number of carbonyl (C=O) groups excluding carboxylic acids is 2. The van der Waals surface area contributed by atoms with Gasteiger partial charge in [-0.25, -0.2) is 0 Å². The van der Waals surface area contributed by atoms with E-state index >= 15 is 0 Å². The number of hydrogen-bond donors (Lipinski definition) is 1. The minimum atomic E-state index is 0.121. The summed E-state index contributed by atoms with van der Waals surface area (Å²) in [4.78, 5) is 27.2. The molecule has 2 aliphatic rings. The van der Waals surface area contributed by atoms with Gasteiger partial charge in [0.1, 0.15) is 0 Å². The second kappa shape index (κ2) is 10.6. The Kier molecular flexibility index (Phi) is 7.39. The topological polar surface area (TPSA) is 49.4 Å². The van der Waals surface area contributed by atoms with E-state index in [2.05, 4.69) is 35.6 Å². The molecule has 2 aromatic carbocycles. The number of likely N-dealkylation sites (tertiary alicyclic amines) is 1. The van der Waals surface area contributed by atoms with Crippen LogP contribution >= 0.6 is 0 Å². The number of benzene rings is 2. The lowest BCUT2D eigenvalue weighted by molar-refractivity contribution is -0.126. The summed E-state index contributed by atoms with van der Waals surface area (Å²) >= 11 is 0. The maximum absolute atomic E-state index is 12.9. The fourth-order valence-electron chi connectivity index (χ4n) is 4.93. The van der Waals surface area contributed by atoms with E-state index in [1.54, 1.807) is 0 Å². The quantitative estimate of drug-likeness (QED) is 0.719. The predicted molar refractivity (Wildman–Crippen MR) is 124 cm³/mol. The summed E-state index contributed by atoms with van der Waals surface area (Å²) in [7, 11) is 0. The molecule has 0 aromatic heterocycles. The third-order valence-electron chi connectivity index (χ3n) is 6.91. The van der Waals surface area contributed by atoms with Gasteiger partial charge in [0.05, 0.1) is 0 Å². The van der Waals surface area contributed by atoms with Crippen molar-refractivity contribution in [1.29, 1.82) is 0 Å². The SMILES string of the molecule is O=C(NCc1ccc(C(=O)N2CCC(Cc3ccccc3)CC2)cc1)C1CCCCC1. The molecule has 1 saturated heterocycles. The van der Waals surface area contributed by atoms with Crippen LogP contribution in [0.5, 0.6) is 0 Å². The van der Waals surface area contributed by atoms with E-state index in [0.717, 1.165) is 56.3 Å². The molecule has 4 rings (SSSR count). The molecule has 2 amide bonds. The van der Waals surface area contributed by atoms with E-state index in [1.165, 1.54) is 24.8 Å². The molecule has 1 N–H and O–H groups in total. The number of rotatable bonds is 6. The van der Waals surface area contributed by atoms with Crippen molar-refractivity contribution in [3.63, 3.8) is 0 Å². The van der Waals surface area contributed by atoms with E-state index in [0.29, 0.717) is 12.5 Å². The number of nitrogens with one attached hydrogen (secondary N) is 1. The van der Waals surface area contributed by atoms with Crippen LogP contribution in [0.2, 0.25) is 0 Å². The van der Waals surface area contributed by atoms with Gasteiger partial charge in [0, 0.05) is 31.1 Å². The van der Waals surface area contributed by atoms with Gasteiger partial charge in [-0.2, -0.15) is 0 Å². The fourth-order valence-corrected chi connectivity index (χ4v) is 4.93. The number of nitrogens with zero attached hydrogens (tertiary/aromatic N) is 1. The molecule has 1 aliphatic heterocycles. The first kappa shape index (κ1) is 21.6. The number of piperidine rings is 1. The smallest absolute Gasteiger partial charge is 0.253 e. The largest absolute Gasteiger partial charge is 0.352 e. The van der Waals surface area contributed by atoms with Crippen LogP contribution in [-0.4, -0.2) is 29.8 Å². The zero-order valence-electron chi connectivity index (χ0n) is 18.4. The maximum atomic E-state index is 12.9. The van der Waals surface area contributed by atoms with Crippen LogP contribution in [0.1, 0.15) is 66.4 Å². The molecule has 1 saturated carbocycles. The van der Waals surface area contributed by atoms with E-state index in [9.17, 15) is 9.59 Å². The van der Waals surface area contributed by atoms with Gasteiger partial charge in [0.2, 0.25) is 5.91 Å². The van der Waals surface area contributed by atoms with Gasteiger partial charge in [-0.1, -0.05) is 61.7 Å². The molecule has 1 aliphatic carbocycles. The van der Waals surface area contributed by atoms with Crippen molar-refractivity contribution in [3.8, 4) is 0 Å². The van der Waals surface area contributed by atoms with E-state index < -0.39 is 0 Å². The molecular formula is C27H34N2O2. The van der Waals surface area contributed by atoms with Crippen molar-refractivity contribution in [2.45, 2.75) is 57.9 Å². The number of amides is 2. The molecule has 2 aromatic rings. The van der Waals surface area contributed by atoms with Crippen molar-refractivity contribution in [2.75, 3.05) is 13.1 Å². The van der Waals surface area contributed by atoms with Crippen molar-refractivity contribution < 1.29 is 9.59 Å². The Hall–Kier alpha value is -2.62. The molecular weight excluding hydrogens is 384 g/mol. The van der Waals surface area contributed by atoms with Gasteiger partial charge in [0.25, 0.3) is 5.91 Å². The summed E-state index contributed by atoms with van der Waals surface area (Å²) in [5.41, 5.74) is 3.17. The molecule has 0 spiro atoms. The van der Waals surface area contributed by atoms with Crippen LogP contribution in [0, 0.1) is 11.8 Å². The van der Waals surface area contributed by atoms with Crippen LogP contribution < -0.4 is 5.32 Å². The summed E-state index contributed by atoms with van der Waals surface area (Å²) < 4.78 is 0. The van der Waals surface area contributed by atoms with Crippen LogP contribution in [-0.2, 0) is 17.8 Å². The van der Waals surface area contributed by atoms with Crippen LogP contribution in [0.4, 0.5) is 0 Å². The molecule has 0 unspecified atom stereocenters. The molecule has 0 radical (unpaired) electrons. The average molecular weight is 419 g/mol. The molecule has 0 bridgehead atoms. The summed E-state index contributed by atoms with van der Waals surface area (Å²) in [6.45, 7) is 2.19. The van der Waals surface area contributed by atoms with Gasteiger partial charge in [-0.15, -0.1) is 0 Å². The Bertz CT molecular complexity index is 849. The van der Waals surface area contributed by atoms with Crippen LogP contribution in [0.15, 0.2) is 54.6 Å². The van der Waals surface area contributed by atoms with Gasteiger partial charge >= 0.3 is 0 Å². The van der Waals surface area contributed by atoms with E-state index in [-0.39, 0.29) is 17.7 Å². The molecule has 2 fully saturated rings. The lowest BCUT2D eigenvalue weighted by Crippen LogP contribution is -2.38.